The van der Waals surface area contributed by atoms with E-state index in [4.69, 9.17) is 9.47 Å². The summed E-state index contributed by atoms with van der Waals surface area (Å²) in [4.78, 5) is 14.5. The Morgan fingerprint density at radius 2 is 2.04 bits per heavy atom. The summed E-state index contributed by atoms with van der Waals surface area (Å²) in [5.74, 6) is 4.11. The maximum absolute atomic E-state index is 12.7. The molecule has 7 heteroatoms. The molecule has 2 aromatic rings. The van der Waals surface area contributed by atoms with Crippen molar-refractivity contribution in [3.8, 4) is 11.5 Å². The minimum atomic E-state index is -0.0689. The molecule has 0 spiro atoms. The van der Waals surface area contributed by atoms with E-state index in [2.05, 4.69) is 10.2 Å². The summed E-state index contributed by atoms with van der Waals surface area (Å²) in [6, 6.07) is 9.30. The van der Waals surface area contributed by atoms with Crippen molar-refractivity contribution in [2.24, 2.45) is 0 Å². The average Bonchev–Trinajstić information content (AvgIpc) is 3.29. The summed E-state index contributed by atoms with van der Waals surface area (Å²) in [7, 11) is 0. The van der Waals surface area contributed by atoms with Crippen molar-refractivity contribution in [3.63, 3.8) is 0 Å². The van der Waals surface area contributed by atoms with Crippen LogP contribution in [0.4, 0.5) is 5.82 Å². The molecule has 24 heavy (non-hydrogen) atoms. The van der Waals surface area contributed by atoms with E-state index >= 15 is 0 Å². The second-order valence-electron chi connectivity index (χ2n) is 5.42. The zero-order chi connectivity index (χ0) is 16.8. The van der Waals surface area contributed by atoms with Crippen molar-refractivity contribution in [1.82, 2.24) is 10.2 Å². The fourth-order valence-corrected chi connectivity index (χ4v) is 3.85. The van der Waals surface area contributed by atoms with Gasteiger partial charge in [-0.05, 0) is 43.4 Å². The molecule has 128 valence electrons. The van der Waals surface area contributed by atoms with Gasteiger partial charge in [-0.25, -0.2) is 0 Å². The van der Waals surface area contributed by atoms with Crippen LogP contribution in [0.1, 0.15) is 13.3 Å². The first-order chi connectivity index (χ1) is 11.8. The first kappa shape index (κ1) is 16.7. The Labute approximate surface area is 145 Å². The maximum Gasteiger partial charge on any atom is 0.266 e. The zero-order valence-electron chi connectivity index (χ0n) is 13.6. The number of nitrogens with zero attached hydrogens (tertiary/aromatic N) is 2. The Balaban J connectivity index is 1.63. The van der Waals surface area contributed by atoms with Crippen molar-refractivity contribution in [2.75, 3.05) is 29.6 Å². The second-order valence-corrected chi connectivity index (χ2v) is 6.57. The number of rotatable bonds is 7. The Hall–Kier alpha value is -2.15. The minimum Gasteiger partial charge on any atom is -0.494 e. The third-order valence-electron chi connectivity index (χ3n) is 3.78. The molecule has 1 aliphatic heterocycles. The quantitative estimate of drug-likeness (QED) is 0.834. The topological polar surface area (TPSA) is 67.5 Å². The van der Waals surface area contributed by atoms with Crippen molar-refractivity contribution in [2.45, 2.75) is 19.4 Å². The van der Waals surface area contributed by atoms with E-state index in [0.717, 1.165) is 29.5 Å². The van der Waals surface area contributed by atoms with E-state index in [1.165, 1.54) is 0 Å². The lowest BCUT2D eigenvalue weighted by atomic mass is 10.2. The van der Waals surface area contributed by atoms with E-state index in [0.29, 0.717) is 12.4 Å². The number of benzene rings is 1. The first-order valence-electron chi connectivity index (χ1n) is 8.02. The van der Waals surface area contributed by atoms with Gasteiger partial charge < -0.3 is 9.47 Å². The Morgan fingerprint density at radius 3 is 2.62 bits per heavy atom. The van der Waals surface area contributed by atoms with Crippen LogP contribution in [0.2, 0.25) is 0 Å². The number of aromatic amines is 1. The van der Waals surface area contributed by atoms with Crippen LogP contribution in [0.3, 0.4) is 0 Å². The van der Waals surface area contributed by atoms with Crippen molar-refractivity contribution in [1.29, 1.82) is 0 Å². The van der Waals surface area contributed by atoms with Crippen LogP contribution in [0.25, 0.3) is 0 Å². The van der Waals surface area contributed by atoms with Crippen molar-refractivity contribution < 1.29 is 14.3 Å². The highest BCUT2D eigenvalue weighted by Gasteiger charge is 2.29. The molecule has 2 heterocycles. The van der Waals surface area contributed by atoms with Crippen LogP contribution in [-0.2, 0) is 4.79 Å². The van der Waals surface area contributed by atoms with Gasteiger partial charge in [-0.3, -0.25) is 14.8 Å². The molecule has 1 unspecified atom stereocenters. The van der Waals surface area contributed by atoms with Crippen LogP contribution in [0.5, 0.6) is 11.5 Å². The van der Waals surface area contributed by atoms with Crippen LogP contribution in [0, 0.1) is 0 Å². The van der Waals surface area contributed by atoms with Gasteiger partial charge in [-0.15, -0.1) is 0 Å². The molecule has 1 amide bonds. The first-order valence-corrected chi connectivity index (χ1v) is 9.18. The van der Waals surface area contributed by atoms with E-state index < -0.39 is 0 Å². The van der Waals surface area contributed by atoms with Gasteiger partial charge in [-0.1, -0.05) is 0 Å². The molecule has 1 aliphatic rings. The molecular weight excluding hydrogens is 326 g/mol. The molecule has 1 aromatic heterocycles. The van der Waals surface area contributed by atoms with Gasteiger partial charge in [-0.2, -0.15) is 16.9 Å². The fraction of sp³-hybridized carbons (Fsp3) is 0.412. The highest BCUT2D eigenvalue weighted by Crippen LogP contribution is 2.26. The van der Waals surface area contributed by atoms with Crippen molar-refractivity contribution in [3.05, 3.63) is 36.5 Å². The van der Waals surface area contributed by atoms with Gasteiger partial charge >= 0.3 is 0 Å². The number of thioether (sulfide) groups is 1. The third-order valence-corrected chi connectivity index (χ3v) is 4.93. The Morgan fingerprint density at radius 1 is 1.29 bits per heavy atom. The van der Waals surface area contributed by atoms with E-state index in [1.54, 1.807) is 11.1 Å². The van der Waals surface area contributed by atoms with Gasteiger partial charge in [0.1, 0.15) is 17.3 Å². The van der Waals surface area contributed by atoms with Crippen molar-refractivity contribution >= 4 is 23.5 Å². The van der Waals surface area contributed by atoms with E-state index in [1.807, 2.05) is 49.0 Å². The standard InChI is InChI=1S/C17H21N3O3S/c1-2-22-14-3-5-15(6-4-14)23-11-17(21)20(13-8-10-24-12-13)16-7-9-18-19-16/h3-7,9,13H,2,8,10-12H2,1H3,(H,18,19). The summed E-state index contributed by atoms with van der Waals surface area (Å²) in [6.07, 6.45) is 2.64. The van der Waals surface area contributed by atoms with Gasteiger partial charge in [0.2, 0.25) is 0 Å². The number of hydrogen-bond acceptors (Lipinski definition) is 5. The summed E-state index contributed by atoms with van der Waals surface area (Å²) in [5.41, 5.74) is 0. The summed E-state index contributed by atoms with van der Waals surface area (Å²) >= 11 is 1.86. The lowest BCUT2D eigenvalue weighted by Crippen LogP contribution is -2.43. The zero-order valence-corrected chi connectivity index (χ0v) is 14.4. The average molecular weight is 347 g/mol. The van der Waals surface area contributed by atoms with E-state index in [9.17, 15) is 4.79 Å². The predicted molar refractivity (Wildman–Crippen MR) is 94.9 cm³/mol. The Kier molecular flexibility index (Phi) is 5.63. The molecule has 0 bridgehead atoms. The number of aromatic nitrogens is 2. The number of hydrogen-bond donors (Lipinski definition) is 1. The predicted octanol–water partition coefficient (Wildman–Crippen LogP) is 2.73. The van der Waals surface area contributed by atoms with Crippen LogP contribution in [0.15, 0.2) is 36.5 Å². The number of ether oxygens (including phenoxy) is 2. The molecule has 1 aromatic carbocycles. The molecule has 0 saturated carbocycles. The molecule has 3 rings (SSSR count). The monoisotopic (exact) mass is 347 g/mol. The van der Waals surface area contributed by atoms with Crippen LogP contribution in [-0.4, -0.2) is 46.9 Å². The van der Waals surface area contributed by atoms with Gasteiger partial charge in [0.25, 0.3) is 5.91 Å². The SMILES string of the molecule is CCOc1ccc(OCC(=O)N(c2ccn[nH]2)C2CCSC2)cc1. The molecule has 1 saturated heterocycles. The smallest absolute Gasteiger partial charge is 0.266 e. The van der Waals surface area contributed by atoms with Gasteiger partial charge in [0, 0.05) is 17.9 Å². The molecule has 1 fully saturated rings. The fourth-order valence-electron chi connectivity index (χ4n) is 2.66. The number of carbonyl (C=O) groups is 1. The number of amides is 1. The van der Waals surface area contributed by atoms with Crippen LogP contribution >= 0.6 is 11.8 Å². The summed E-state index contributed by atoms with van der Waals surface area (Å²) < 4.78 is 11.0. The Bertz CT molecular complexity index is 640. The largest absolute Gasteiger partial charge is 0.494 e. The molecule has 0 radical (unpaired) electrons. The van der Waals surface area contributed by atoms with Gasteiger partial charge in [0.05, 0.1) is 12.8 Å². The molecular formula is C17H21N3O3S. The van der Waals surface area contributed by atoms with E-state index in [-0.39, 0.29) is 18.6 Å². The highest BCUT2D eigenvalue weighted by atomic mass is 32.2. The molecule has 0 aliphatic carbocycles. The number of carbonyl (C=O) groups excluding carboxylic acids is 1. The van der Waals surface area contributed by atoms with Crippen LogP contribution < -0.4 is 14.4 Å². The second kappa shape index (κ2) is 8.10. The normalized spacial score (nSPS) is 16.8. The molecule has 6 nitrogen and oxygen atoms in total. The maximum atomic E-state index is 12.7. The lowest BCUT2D eigenvalue weighted by molar-refractivity contribution is -0.121. The lowest BCUT2D eigenvalue weighted by Gasteiger charge is -2.26. The summed E-state index contributed by atoms with van der Waals surface area (Å²) in [5, 5.41) is 6.85. The number of H-pyrrole nitrogens is 1. The third kappa shape index (κ3) is 4.03. The number of nitrogens with one attached hydrogen (secondary N) is 1. The highest BCUT2D eigenvalue weighted by molar-refractivity contribution is 7.99. The summed E-state index contributed by atoms with van der Waals surface area (Å²) in [6.45, 7) is 2.56. The van der Waals surface area contributed by atoms with Gasteiger partial charge in [0.15, 0.2) is 6.61 Å². The molecule has 1 N–H and O–H groups in total. The number of anilines is 1. The molecule has 1 atom stereocenters. The minimum absolute atomic E-state index is 0.00579.